The Hall–Kier alpha value is -3.54. The SMILES string of the molecule is CC1(C)COC(=O)C1OC(=O)C=Cc1ccccc1C(=O)OC1CC(C(=O)NCCO)=CC2OC(C3CC3)(C3CC3)OC21. The predicted octanol–water partition coefficient (Wildman–Crippen LogP) is 2.46. The maximum Gasteiger partial charge on any atom is 0.348 e. The number of aliphatic hydroxyl groups is 1. The molecule has 5 aliphatic rings. The van der Waals surface area contributed by atoms with Crippen LogP contribution >= 0.6 is 0 Å². The van der Waals surface area contributed by atoms with Crippen molar-refractivity contribution in [2.45, 2.75) is 76.2 Å². The van der Waals surface area contributed by atoms with Crippen molar-refractivity contribution in [2.75, 3.05) is 19.8 Å². The van der Waals surface area contributed by atoms with Gasteiger partial charge in [-0.15, -0.1) is 0 Å². The third kappa shape index (κ3) is 5.98. The fourth-order valence-electron chi connectivity index (χ4n) is 6.13. The van der Waals surface area contributed by atoms with Gasteiger partial charge in [-0.25, -0.2) is 14.4 Å². The Morgan fingerprint density at radius 1 is 1.07 bits per heavy atom. The van der Waals surface area contributed by atoms with Crippen molar-refractivity contribution >= 4 is 29.9 Å². The molecule has 11 nitrogen and oxygen atoms in total. The molecule has 4 fully saturated rings. The van der Waals surface area contributed by atoms with Gasteiger partial charge in [0.1, 0.15) is 24.9 Å². The molecule has 2 saturated heterocycles. The highest BCUT2D eigenvalue weighted by Gasteiger charge is 2.64. The van der Waals surface area contributed by atoms with Crippen LogP contribution in [-0.2, 0) is 38.1 Å². The van der Waals surface area contributed by atoms with E-state index < -0.39 is 53.5 Å². The lowest BCUT2D eigenvalue weighted by atomic mass is 9.90. The van der Waals surface area contributed by atoms with E-state index in [0.29, 0.717) is 11.1 Å². The summed E-state index contributed by atoms with van der Waals surface area (Å²) >= 11 is 0. The molecule has 0 aromatic heterocycles. The summed E-state index contributed by atoms with van der Waals surface area (Å²) < 4.78 is 29.6. The molecule has 3 aliphatic carbocycles. The summed E-state index contributed by atoms with van der Waals surface area (Å²) in [6.07, 6.45) is 5.56. The number of rotatable bonds is 10. The molecule has 2 saturated carbocycles. The fourth-order valence-corrected chi connectivity index (χ4v) is 6.13. The van der Waals surface area contributed by atoms with Crippen LogP contribution in [0.4, 0.5) is 0 Å². The standard InChI is InChI=1S/C32H37NO10/c1-31(2)17-39-30(38)27(31)41-25(35)12-7-18-5-3-4-6-22(18)29(37)40-23-15-19(28(36)33-13-14-34)16-24-26(23)43-32(42-24,20-8-9-20)21-10-11-21/h3-7,12,16,20-21,23-24,26-27,34H,8-11,13-15,17H2,1-2H3,(H,33,36). The van der Waals surface area contributed by atoms with E-state index in [1.807, 2.05) is 0 Å². The molecule has 1 aromatic carbocycles. The minimum absolute atomic E-state index is 0.0989. The number of hydrogen-bond acceptors (Lipinski definition) is 10. The van der Waals surface area contributed by atoms with Gasteiger partial charge >= 0.3 is 17.9 Å². The molecule has 1 amide bonds. The molecule has 0 spiro atoms. The van der Waals surface area contributed by atoms with Crippen molar-refractivity contribution in [3.05, 3.63) is 53.1 Å². The summed E-state index contributed by atoms with van der Waals surface area (Å²) in [4.78, 5) is 51.0. The first-order chi connectivity index (χ1) is 20.6. The maximum atomic E-state index is 13.6. The lowest BCUT2D eigenvalue weighted by molar-refractivity contribution is -0.209. The molecule has 0 radical (unpaired) electrons. The Kier molecular flexibility index (Phi) is 7.91. The molecule has 4 unspecified atom stereocenters. The number of ether oxygens (including phenoxy) is 5. The van der Waals surface area contributed by atoms with Gasteiger partial charge in [0.15, 0.2) is 5.79 Å². The van der Waals surface area contributed by atoms with Gasteiger partial charge in [-0.05, 0) is 49.5 Å². The third-order valence-corrected chi connectivity index (χ3v) is 8.68. The number of esters is 3. The molecular formula is C32H37NO10. The number of carbonyl (C=O) groups is 4. The van der Waals surface area contributed by atoms with Crippen LogP contribution in [0.1, 0.15) is 61.9 Å². The van der Waals surface area contributed by atoms with E-state index in [-0.39, 0.29) is 49.5 Å². The van der Waals surface area contributed by atoms with Gasteiger partial charge in [-0.3, -0.25) is 4.79 Å². The van der Waals surface area contributed by atoms with E-state index in [9.17, 15) is 24.3 Å². The summed E-state index contributed by atoms with van der Waals surface area (Å²) in [5.74, 6) is -2.50. The number of nitrogens with one attached hydrogen (secondary N) is 1. The average molecular weight is 596 g/mol. The van der Waals surface area contributed by atoms with E-state index in [1.165, 1.54) is 6.08 Å². The minimum atomic E-state index is -1.02. The summed E-state index contributed by atoms with van der Waals surface area (Å²) in [6, 6.07) is 6.64. The van der Waals surface area contributed by atoms with Crippen LogP contribution in [0.5, 0.6) is 0 Å². The van der Waals surface area contributed by atoms with Crippen LogP contribution in [0.15, 0.2) is 42.0 Å². The molecule has 4 atom stereocenters. The van der Waals surface area contributed by atoms with Crippen molar-refractivity contribution in [3.8, 4) is 0 Å². The molecule has 2 aliphatic heterocycles. The normalized spacial score (nSPS) is 29.0. The van der Waals surface area contributed by atoms with E-state index in [1.54, 1.807) is 44.2 Å². The summed E-state index contributed by atoms with van der Waals surface area (Å²) in [7, 11) is 0. The molecule has 6 rings (SSSR count). The molecule has 11 heteroatoms. The summed E-state index contributed by atoms with van der Waals surface area (Å²) in [5.41, 5.74) is 0.378. The van der Waals surface area contributed by atoms with Crippen LogP contribution in [0.2, 0.25) is 0 Å². The second-order valence-electron chi connectivity index (χ2n) is 12.6. The van der Waals surface area contributed by atoms with Crippen LogP contribution < -0.4 is 5.32 Å². The zero-order chi connectivity index (χ0) is 30.4. The van der Waals surface area contributed by atoms with Crippen molar-refractivity contribution in [2.24, 2.45) is 17.3 Å². The predicted molar refractivity (Wildman–Crippen MR) is 150 cm³/mol. The Morgan fingerprint density at radius 2 is 1.79 bits per heavy atom. The van der Waals surface area contributed by atoms with E-state index in [4.69, 9.17) is 23.7 Å². The van der Waals surface area contributed by atoms with Crippen LogP contribution in [-0.4, -0.2) is 78.9 Å². The molecule has 2 heterocycles. The molecule has 1 aromatic rings. The van der Waals surface area contributed by atoms with Gasteiger partial charge in [0, 0.05) is 41.9 Å². The van der Waals surface area contributed by atoms with E-state index in [0.717, 1.165) is 31.8 Å². The van der Waals surface area contributed by atoms with Gasteiger partial charge in [0.2, 0.25) is 12.0 Å². The lowest BCUT2D eigenvalue weighted by Gasteiger charge is -2.31. The highest BCUT2D eigenvalue weighted by atomic mass is 16.8. The lowest BCUT2D eigenvalue weighted by Crippen LogP contribution is -2.44. The Morgan fingerprint density at radius 3 is 2.44 bits per heavy atom. The van der Waals surface area contributed by atoms with Crippen molar-refractivity contribution in [3.63, 3.8) is 0 Å². The molecule has 43 heavy (non-hydrogen) atoms. The monoisotopic (exact) mass is 595 g/mol. The Bertz CT molecular complexity index is 1350. The van der Waals surface area contributed by atoms with Gasteiger partial charge in [-0.1, -0.05) is 32.0 Å². The van der Waals surface area contributed by atoms with Crippen molar-refractivity contribution < 1.29 is 48.0 Å². The number of amides is 1. The van der Waals surface area contributed by atoms with Crippen molar-refractivity contribution in [1.82, 2.24) is 5.32 Å². The summed E-state index contributed by atoms with van der Waals surface area (Å²) in [5, 5.41) is 11.8. The number of hydrogen-bond donors (Lipinski definition) is 2. The highest BCUT2D eigenvalue weighted by molar-refractivity contribution is 5.97. The second-order valence-corrected chi connectivity index (χ2v) is 12.6. The molecular weight excluding hydrogens is 558 g/mol. The Labute approximate surface area is 249 Å². The first-order valence-electron chi connectivity index (χ1n) is 14.9. The summed E-state index contributed by atoms with van der Waals surface area (Å²) in [6.45, 7) is 3.60. The first-order valence-corrected chi connectivity index (χ1v) is 14.9. The molecule has 0 bridgehead atoms. The quantitative estimate of drug-likeness (QED) is 0.235. The minimum Gasteiger partial charge on any atom is -0.462 e. The van der Waals surface area contributed by atoms with Gasteiger partial charge < -0.3 is 34.1 Å². The Balaban J connectivity index is 1.19. The van der Waals surface area contributed by atoms with Gasteiger partial charge in [-0.2, -0.15) is 0 Å². The second kappa shape index (κ2) is 11.5. The number of carbonyl (C=O) groups excluding carboxylic acids is 4. The van der Waals surface area contributed by atoms with Gasteiger partial charge in [0.25, 0.3) is 0 Å². The molecule has 2 N–H and O–H groups in total. The van der Waals surface area contributed by atoms with Crippen LogP contribution in [0.25, 0.3) is 6.08 Å². The van der Waals surface area contributed by atoms with Crippen LogP contribution in [0, 0.1) is 17.3 Å². The van der Waals surface area contributed by atoms with E-state index >= 15 is 0 Å². The largest absolute Gasteiger partial charge is 0.462 e. The molecule has 230 valence electrons. The van der Waals surface area contributed by atoms with E-state index in [2.05, 4.69) is 5.32 Å². The number of benzene rings is 1. The van der Waals surface area contributed by atoms with Crippen LogP contribution in [0.3, 0.4) is 0 Å². The third-order valence-electron chi connectivity index (χ3n) is 8.68. The zero-order valence-corrected chi connectivity index (χ0v) is 24.3. The van der Waals surface area contributed by atoms with Gasteiger partial charge in [0.05, 0.1) is 12.2 Å². The maximum absolute atomic E-state index is 13.6. The first kappa shape index (κ1) is 29.5. The number of aliphatic hydroxyl groups excluding tert-OH is 1. The zero-order valence-electron chi connectivity index (χ0n) is 24.3. The fraction of sp³-hybridized carbons (Fsp3) is 0.562. The highest BCUT2D eigenvalue weighted by Crippen LogP contribution is 2.59. The van der Waals surface area contributed by atoms with Crippen molar-refractivity contribution in [1.29, 1.82) is 0 Å². The number of cyclic esters (lactones) is 1. The smallest absolute Gasteiger partial charge is 0.348 e. The topological polar surface area (TPSA) is 147 Å². The average Bonchev–Trinajstić information content (AvgIpc) is 3.93. The number of fused-ring (bicyclic) bond motifs is 1.